The summed E-state index contributed by atoms with van der Waals surface area (Å²) in [5.74, 6) is 1.22. The van der Waals surface area contributed by atoms with Crippen molar-refractivity contribution in [1.82, 2.24) is 9.80 Å². The van der Waals surface area contributed by atoms with Gasteiger partial charge in [0.05, 0.1) is 14.2 Å². The lowest BCUT2D eigenvalue weighted by atomic mass is 10.1. The number of carbonyl (C=O) groups excluding carboxylic acids is 1. The van der Waals surface area contributed by atoms with Crippen molar-refractivity contribution < 1.29 is 14.3 Å². The average Bonchev–Trinajstić information content (AvgIpc) is 2.69. The van der Waals surface area contributed by atoms with Crippen LogP contribution >= 0.6 is 11.6 Å². The Labute approximate surface area is 159 Å². The molecule has 138 valence electrons. The molecule has 0 atom stereocenters. The highest BCUT2D eigenvalue weighted by Crippen LogP contribution is 2.28. The first-order valence-electron chi connectivity index (χ1n) is 8.59. The van der Waals surface area contributed by atoms with Crippen molar-refractivity contribution in [3.05, 3.63) is 58.6 Å². The predicted octanol–water partition coefficient (Wildman–Crippen LogP) is 3.32. The van der Waals surface area contributed by atoms with E-state index in [1.807, 2.05) is 29.2 Å². The van der Waals surface area contributed by atoms with Gasteiger partial charge in [-0.15, -0.1) is 0 Å². The molecule has 5 nitrogen and oxygen atoms in total. The lowest BCUT2D eigenvalue weighted by molar-refractivity contribution is 0.0628. The van der Waals surface area contributed by atoms with Crippen LogP contribution in [0.5, 0.6) is 11.5 Å². The number of benzene rings is 2. The zero-order chi connectivity index (χ0) is 18.5. The maximum atomic E-state index is 12.8. The minimum Gasteiger partial charge on any atom is -0.493 e. The van der Waals surface area contributed by atoms with Crippen LogP contribution in [0.4, 0.5) is 0 Å². The minimum atomic E-state index is 0.0251. The van der Waals surface area contributed by atoms with Gasteiger partial charge in [0.1, 0.15) is 0 Å². The van der Waals surface area contributed by atoms with E-state index >= 15 is 0 Å². The Bertz CT molecular complexity index is 756. The quantitative estimate of drug-likeness (QED) is 0.805. The molecule has 0 radical (unpaired) electrons. The molecule has 0 aromatic heterocycles. The lowest BCUT2D eigenvalue weighted by Crippen LogP contribution is -2.48. The summed E-state index contributed by atoms with van der Waals surface area (Å²) >= 11 is 5.93. The third-order valence-electron chi connectivity index (χ3n) is 4.61. The molecule has 6 heteroatoms. The van der Waals surface area contributed by atoms with Crippen LogP contribution in [0, 0.1) is 0 Å². The summed E-state index contributed by atoms with van der Waals surface area (Å²) in [4.78, 5) is 17.0. The summed E-state index contributed by atoms with van der Waals surface area (Å²) in [5.41, 5.74) is 1.85. The Hall–Kier alpha value is -2.24. The monoisotopic (exact) mass is 374 g/mol. The number of amides is 1. The maximum absolute atomic E-state index is 12.8. The third-order valence-corrected chi connectivity index (χ3v) is 4.86. The van der Waals surface area contributed by atoms with Crippen molar-refractivity contribution in [1.29, 1.82) is 0 Å². The Kier molecular flexibility index (Phi) is 6.01. The van der Waals surface area contributed by atoms with Gasteiger partial charge in [0, 0.05) is 43.3 Å². The van der Waals surface area contributed by atoms with Crippen molar-refractivity contribution in [2.24, 2.45) is 0 Å². The molecule has 1 amide bonds. The van der Waals surface area contributed by atoms with Crippen LogP contribution in [0.25, 0.3) is 0 Å². The van der Waals surface area contributed by atoms with Crippen LogP contribution in [0.2, 0.25) is 5.02 Å². The number of ether oxygens (including phenoxy) is 2. The highest BCUT2D eigenvalue weighted by atomic mass is 35.5. The molecule has 0 spiro atoms. The van der Waals surface area contributed by atoms with E-state index in [9.17, 15) is 4.79 Å². The number of piperazine rings is 1. The molecule has 0 aliphatic carbocycles. The Balaban J connectivity index is 1.59. The van der Waals surface area contributed by atoms with Gasteiger partial charge in [0.2, 0.25) is 0 Å². The normalized spacial score (nSPS) is 15.0. The standard InChI is InChI=1S/C20H23ClN2O3/c1-25-18-8-5-16(13-19(18)26-2)20(24)23-11-9-22(10-12-23)14-15-3-6-17(21)7-4-15/h3-8,13H,9-12,14H2,1-2H3. The van der Waals surface area contributed by atoms with E-state index in [1.54, 1.807) is 32.4 Å². The molecule has 1 saturated heterocycles. The van der Waals surface area contributed by atoms with Gasteiger partial charge >= 0.3 is 0 Å². The third kappa shape index (κ3) is 4.29. The van der Waals surface area contributed by atoms with Gasteiger partial charge in [-0.05, 0) is 35.9 Å². The van der Waals surface area contributed by atoms with Crippen molar-refractivity contribution in [3.63, 3.8) is 0 Å². The van der Waals surface area contributed by atoms with Gasteiger partial charge in [0.25, 0.3) is 5.91 Å². The first-order valence-corrected chi connectivity index (χ1v) is 8.96. The van der Waals surface area contributed by atoms with Crippen molar-refractivity contribution >= 4 is 17.5 Å². The largest absolute Gasteiger partial charge is 0.493 e. The first-order chi connectivity index (χ1) is 12.6. The molecule has 2 aromatic rings. The molecule has 1 aliphatic heterocycles. The number of carbonyl (C=O) groups is 1. The summed E-state index contributed by atoms with van der Waals surface area (Å²) in [7, 11) is 3.15. The second-order valence-electron chi connectivity index (χ2n) is 6.26. The maximum Gasteiger partial charge on any atom is 0.254 e. The molecule has 1 aliphatic rings. The molecule has 0 N–H and O–H groups in total. The highest BCUT2D eigenvalue weighted by Gasteiger charge is 2.23. The molecule has 1 heterocycles. The molecule has 26 heavy (non-hydrogen) atoms. The topological polar surface area (TPSA) is 42.0 Å². The van der Waals surface area contributed by atoms with Gasteiger partial charge < -0.3 is 14.4 Å². The molecule has 0 bridgehead atoms. The van der Waals surface area contributed by atoms with E-state index in [0.29, 0.717) is 30.2 Å². The van der Waals surface area contributed by atoms with Gasteiger partial charge in [-0.2, -0.15) is 0 Å². The zero-order valence-corrected chi connectivity index (χ0v) is 15.8. The smallest absolute Gasteiger partial charge is 0.254 e. The van der Waals surface area contributed by atoms with E-state index in [0.717, 1.165) is 24.7 Å². The fourth-order valence-electron chi connectivity index (χ4n) is 3.11. The highest BCUT2D eigenvalue weighted by molar-refractivity contribution is 6.30. The van der Waals surface area contributed by atoms with Crippen molar-refractivity contribution in [3.8, 4) is 11.5 Å². The fraction of sp³-hybridized carbons (Fsp3) is 0.350. The van der Waals surface area contributed by atoms with Crippen LogP contribution in [0.3, 0.4) is 0 Å². The molecule has 2 aromatic carbocycles. The number of methoxy groups -OCH3 is 2. The number of hydrogen-bond donors (Lipinski definition) is 0. The number of nitrogens with zero attached hydrogens (tertiary/aromatic N) is 2. The van der Waals surface area contributed by atoms with Crippen molar-refractivity contribution in [2.45, 2.75) is 6.54 Å². The van der Waals surface area contributed by atoms with Gasteiger partial charge in [-0.1, -0.05) is 23.7 Å². The van der Waals surface area contributed by atoms with Crippen LogP contribution < -0.4 is 9.47 Å². The second kappa shape index (κ2) is 8.43. The van der Waals surface area contributed by atoms with E-state index in [2.05, 4.69) is 4.90 Å². The van der Waals surface area contributed by atoms with Crippen LogP contribution in [0.1, 0.15) is 15.9 Å². The first kappa shape index (κ1) is 18.5. The van der Waals surface area contributed by atoms with E-state index in [4.69, 9.17) is 21.1 Å². The molecule has 0 saturated carbocycles. The second-order valence-corrected chi connectivity index (χ2v) is 6.70. The summed E-state index contributed by atoms with van der Waals surface area (Å²) in [6, 6.07) is 13.2. The van der Waals surface area contributed by atoms with Gasteiger partial charge in [-0.3, -0.25) is 9.69 Å². The van der Waals surface area contributed by atoms with Gasteiger partial charge in [-0.25, -0.2) is 0 Å². The van der Waals surface area contributed by atoms with E-state index < -0.39 is 0 Å². The summed E-state index contributed by atoms with van der Waals surface area (Å²) in [6.45, 7) is 3.99. The summed E-state index contributed by atoms with van der Waals surface area (Å²) < 4.78 is 10.5. The molecule has 1 fully saturated rings. The van der Waals surface area contributed by atoms with Crippen molar-refractivity contribution in [2.75, 3.05) is 40.4 Å². The number of hydrogen-bond acceptors (Lipinski definition) is 4. The van der Waals surface area contributed by atoms with E-state index in [1.165, 1.54) is 5.56 Å². The molecular formula is C20H23ClN2O3. The summed E-state index contributed by atoms with van der Waals surface area (Å²) in [6.07, 6.45) is 0. The van der Waals surface area contributed by atoms with Crippen LogP contribution in [-0.4, -0.2) is 56.1 Å². The van der Waals surface area contributed by atoms with Crippen LogP contribution in [0.15, 0.2) is 42.5 Å². The van der Waals surface area contributed by atoms with Gasteiger partial charge in [0.15, 0.2) is 11.5 Å². The predicted molar refractivity (Wildman–Crippen MR) is 102 cm³/mol. The zero-order valence-electron chi connectivity index (χ0n) is 15.1. The average molecular weight is 375 g/mol. The Morgan fingerprint density at radius 3 is 2.23 bits per heavy atom. The Morgan fingerprint density at radius 1 is 0.962 bits per heavy atom. The van der Waals surface area contributed by atoms with E-state index in [-0.39, 0.29) is 5.91 Å². The Morgan fingerprint density at radius 2 is 1.62 bits per heavy atom. The number of rotatable bonds is 5. The number of halogens is 1. The lowest BCUT2D eigenvalue weighted by Gasteiger charge is -2.34. The molecule has 0 unspecified atom stereocenters. The SMILES string of the molecule is COc1ccc(C(=O)N2CCN(Cc3ccc(Cl)cc3)CC2)cc1OC. The minimum absolute atomic E-state index is 0.0251. The fourth-order valence-corrected chi connectivity index (χ4v) is 3.23. The van der Waals surface area contributed by atoms with Crippen LogP contribution in [-0.2, 0) is 6.54 Å². The molecular weight excluding hydrogens is 352 g/mol. The molecule has 3 rings (SSSR count). The summed E-state index contributed by atoms with van der Waals surface area (Å²) in [5, 5.41) is 0.749.